The highest BCUT2D eigenvalue weighted by molar-refractivity contribution is 5.95. The predicted octanol–water partition coefficient (Wildman–Crippen LogP) is 2.86. The fourth-order valence-corrected chi connectivity index (χ4v) is 2.92. The first kappa shape index (κ1) is 17.0. The Morgan fingerprint density at radius 1 is 1.36 bits per heavy atom. The minimum Gasteiger partial charge on any atom is -0.465 e. The molecule has 0 spiro atoms. The van der Waals surface area contributed by atoms with Crippen molar-refractivity contribution in [1.82, 2.24) is 0 Å². The number of carbonyl (C=O) groups is 1. The van der Waals surface area contributed by atoms with E-state index in [1.54, 1.807) is 6.07 Å². The summed E-state index contributed by atoms with van der Waals surface area (Å²) in [5.74, 6) is 0.793. The molecular weight excluding hydrogens is 328 g/mol. The Labute approximate surface area is 144 Å². The van der Waals surface area contributed by atoms with Crippen molar-refractivity contribution in [3.05, 3.63) is 57.5 Å². The first-order valence-electron chi connectivity index (χ1n) is 7.78. The van der Waals surface area contributed by atoms with Crippen molar-refractivity contribution in [2.75, 3.05) is 31.8 Å². The van der Waals surface area contributed by atoms with Crippen molar-refractivity contribution in [3.8, 4) is 0 Å². The van der Waals surface area contributed by atoms with Crippen LogP contribution in [0.5, 0.6) is 0 Å². The Morgan fingerprint density at radius 3 is 2.80 bits per heavy atom. The van der Waals surface area contributed by atoms with Gasteiger partial charge in [-0.05, 0) is 31.2 Å². The van der Waals surface area contributed by atoms with Crippen molar-refractivity contribution in [2.24, 2.45) is 0 Å². The minimum atomic E-state index is -0.743. The molecule has 1 aromatic carbocycles. The van der Waals surface area contributed by atoms with E-state index in [4.69, 9.17) is 9.15 Å². The van der Waals surface area contributed by atoms with Gasteiger partial charge in [0.05, 0.1) is 25.2 Å². The third-order valence-electron chi connectivity index (χ3n) is 4.13. The van der Waals surface area contributed by atoms with Crippen LogP contribution in [-0.2, 0) is 9.47 Å². The summed E-state index contributed by atoms with van der Waals surface area (Å²) >= 11 is 0. The normalized spacial score (nSPS) is 17.4. The Balaban J connectivity index is 2.01. The highest BCUT2D eigenvalue weighted by Crippen LogP contribution is 2.33. The molecule has 0 radical (unpaired) electrons. The van der Waals surface area contributed by atoms with Crippen LogP contribution in [0.4, 0.5) is 11.4 Å². The van der Waals surface area contributed by atoms with E-state index in [2.05, 4.69) is 4.74 Å². The number of methoxy groups -OCH3 is 1. The van der Waals surface area contributed by atoms with E-state index in [-0.39, 0.29) is 17.3 Å². The van der Waals surface area contributed by atoms with E-state index in [9.17, 15) is 14.9 Å². The molecule has 1 unspecified atom stereocenters. The van der Waals surface area contributed by atoms with E-state index in [1.807, 2.05) is 24.0 Å². The molecule has 1 aromatic heterocycles. The molecule has 0 N–H and O–H groups in total. The summed E-state index contributed by atoms with van der Waals surface area (Å²) in [6.07, 6.45) is 0. The highest BCUT2D eigenvalue weighted by atomic mass is 16.6. The Bertz CT molecular complexity index is 800. The molecule has 0 bridgehead atoms. The summed E-state index contributed by atoms with van der Waals surface area (Å²) in [7, 11) is 1.20. The number of morpholine rings is 1. The van der Waals surface area contributed by atoms with Crippen LogP contribution in [-0.4, -0.2) is 37.8 Å². The summed E-state index contributed by atoms with van der Waals surface area (Å²) in [6, 6.07) is 8.01. The lowest BCUT2D eigenvalue weighted by atomic mass is 10.1. The number of benzene rings is 1. The molecule has 0 aliphatic carbocycles. The van der Waals surface area contributed by atoms with Crippen LogP contribution >= 0.6 is 0 Å². The van der Waals surface area contributed by atoms with Gasteiger partial charge in [0, 0.05) is 18.3 Å². The van der Waals surface area contributed by atoms with Gasteiger partial charge in [-0.3, -0.25) is 10.1 Å². The van der Waals surface area contributed by atoms with Gasteiger partial charge in [0.2, 0.25) is 0 Å². The SMILES string of the molecule is COC(=O)c1cc(N2CCOCC2c2ccc(C)o2)ccc1[N+](=O)[O-]. The number of aryl methyl sites for hydroxylation is 1. The zero-order valence-corrected chi connectivity index (χ0v) is 13.9. The van der Waals surface area contributed by atoms with Crippen LogP contribution in [0.1, 0.15) is 27.9 Å². The number of carbonyl (C=O) groups excluding carboxylic acids is 1. The second kappa shape index (κ2) is 6.94. The van der Waals surface area contributed by atoms with Crippen LogP contribution in [0.15, 0.2) is 34.7 Å². The average Bonchev–Trinajstić information content (AvgIpc) is 3.06. The van der Waals surface area contributed by atoms with Crippen LogP contribution in [0, 0.1) is 17.0 Å². The van der Waals surface area contributed by atoms with E-state index in [0.29, 0.717) is 25.4 Å². The molecule has 1 aliphatic heterocycles. The number of nitro groups is 1. The maximum Gasteiger partial charge on any atom is 0.344 e. The van der Waals surface area contributed by atoms with Gasteiger partial charge in [-0.15, -0.1) is 0 Å². The van der Waals surface area contributed by atoms with Crippen LogP contribution < -0.4 is 4.90 Å². The fraction of sp³-hybridized carbons (Fsp3) is 0.353. The maximum absolute atomic E-state index is 11.9. The molecule has 1 atom stereocenters. The van der Waals surface area contributed by atoms with Gasteiger partial charge in [0.15, 0.2) is 0 Å². The molecule has 132 valence electrons. The number of anilines is 1. The second-order valence-electron chi connectivity index (χ2n) is 5.68. The van der Waals surface area contributed by atoms with Crippen molar-refractivity contribution in [2.45, 2.75) is 13.0 Å². The number of ether oxygens (including phenoxy) is 2. The van der Waals surface area contributed by atoms with Crippen molar-refractivity contribution < 1.29 is 23.6 Å². The largest absolute Gasteiger partial charge is 0.465 e. The number of esters is 1. The summed E-state index contributed by atoms with van der Waals surface area (Å²) in [4.78, 5) is 24.5. The van der Waals surface area contributed by atoms with Crippen LogP contribution in [0.2, 0.25) is 0 Å². The minimum absolute atomic E-state index is 0.0779. The first-order valence-corrected chi connectivity index (χ1v) is 7.78. The monoisotopic (exact) mass is 346 g/mol. The van der Waals surface area contributed by atoms with Gasteiger partial charge in [-0.1, -0.05) is 0 Å². The van der Waals surface area contributed by atoms with Crippen molar-refractivity contribution in [3.63, 3.8) is 0 Å². The lowest BCUT2D eigenvalue weighted by Crippen LogP contribution is -2.39. The smallest absolute Gasteiger partial charge is 0.344 e. The van der Waals surface area contributed by atoms with Gasteiger partial charge >= 0.3 is 5.97 Å². The molecule has 0 amide bonds. The standard InChI is InChI=1S/C17H18N2O6/c1-11-3-6-16(25-11)15-10-24-8-7-18(15)12-4-5-14(19(21)22)13(9-12)17(20)23-2/h3-6,9,15H,7-8,10H2,1-2H3. The molecule has 8 heteroatoms. The molecule has 0 saturated carbocycles. The van der Waals surface area contributed by atoms with Gasteiger partial charge in [-0.25, -0.2) is 4.79 Å². The first-order chi connectivity index (χ1) is 12.0. The number of nitro benzene ring substituents is 1. The molecule has 2 heterocycles. The van der Waals surface area contributed by atoms with Crippen molar-refractivity contribution >= 4 is 17.3 Å². The quantitative estimate of drug-likeness (QED) is 0.477. The highest BCUT2D eigenvalue weighted by Gasteiger charge is 2.30. The van der Waals surface area contributed by atoms with E-state index in [1.165, 1.54) is 19.2 Å². The molecule has 1 aliphatic rings. The topological polar surface area (TPSA) is 95.0 Å². The van der Waals surface area contributed by atoms with Gasteiger partial charge in [-0.2, -0.15) is 0 Å². The summed E-state index contributed by atoms with van der Waals surface area (Å²) in [6.45, 7) is 3.37. The van der Waals surface area contributed by atoms with E-state index >= 15 is 0 Å². The zero-order valence-electron chi connectivity index (χ0n) is 13.9. The van der Waals surface area contributed by atoms with E-state index in [0.717, 1.165) is 11.5 Å². The number of hydrogen-bond donors (Lipinski definition) is 0. The molecule has 2 aromatic rings. The van der Waals surface area contributed by atoms with Gasteiger partial charge < -0.3 is 18.8 Å². The second-order valence-corrected chi connectivity index (χ2v) is 5.68. The lowest BCUT2D eigenvalue weighted by molar-refractivity contribution is -0.385. The summed E-state index contributed by atoms with van der Waals surface area (Å²) < 4.78 is 15.9. The van der Waals surface area contributed by atoms with Gasteiger partial charge in [0.25, 0.3) is 5.69 Å². The van der Waals surface area contributed by atoms with Gasteiger partial charge in [0.1, 0.15) is 23.1 Å². The third-order valence-corrected chi connectivity index (χ3v) is 4.13. The summed E-state index contributed by atoms with van der Waals surface area (Å²) in [5.41, 5.74) is 0.313. The number of hydrogen-bond acceptors (Lipinski definition) is 7. The Kier molecular flexibility index (Phi) is 4.71. The fourth-order valence-electron chi connectivity index (χ4n) is 2.92. The molecule has 1 fully saturated rings. The predicted molar refractivity (Wildman–Crippen MR) is 88.8 cm³/mol. The molecule has 3 rings (SSSR count). The Morgan fingerprint density at radius 2 is 2.16 bits per heavy atom. The molecule has 1 saturated heterocycles. The lowest BCUT2D eigenvalue weighted by Gasteiger charge is -2.36. The van der Waals surface area contributed by atoms with Crippen LogP contribution in [0.3, 0.4) is 0 Å². The Hall–Kier alpha value is -2.87. The molecular formula is C17H18N2O6. The third kappa shape index (κ3) is 3.34. The van der Waals surface area contributed by atoms with Crippen molar-refractivity contribution in [1.29, 1.82) is 0 Å². The number of furan rings is 1. The van der Waals surface area contributed by atoms with Crippen LogP contribution in [0.25, 0.3) is 0 Å². The zero-order chi connectivity index (χ0) is 18.0. The number of rotatable bonds is 4. The average molecular weight is 346 g/mol. The number of nitrogens with zero attached hydrogens (tertiary/aromatic N) is 2. The van der Waals surface area contributed by atoms with E-state index < -0.39 is 10.9 Å². The molecule has 25 heavy (non-hydrogen) atoms. The molecule has 8 nitrogen and oxygen atoms in total. The maximum atomic E-state index is 11.9. The summed E-state index contributed by atoms with van der Waals surface area (Å²) in [5, 5.41) is 11.2.